The van der Waals surface area contributed by atoms with Gasteiger partial charge in [-0.2, -0.15) is 0 Å². The topological polar surface area (TPSA) is 42.7 Å². The molecule has 0 aliphatic carbocycles. The third-order valence-corrected chi connectivity index (χ3v) is 3.79. The van der Waals surface area contributed by atoms with E-state index in [-0.39, 0.29) is 12.1 Å². The SMILES string of the molecule is O=C(C=Cc1ccco1)OC1CN2CCC1CC2. The number of piperidine rings is 3. The molecule has 0 N–H and O–H groups in total. The molecule has 0 saturated carbocycles. The van der Waals surface area contributed by atoms with Gasteiger partial charge in [-0.15, -0.1) is 0 Å². The van der Waals surface area contributed by atoms with E-state index < -0.39 is 0 Å². The number of ether oxygens (including phenoxy) is 1. The maximum Gasteiger partial charge on any atom is 0.331 e. The van der Waals surface area contributed by atoms with E-state index in [1.807, 2.05) is 0 Å². The van der Waals surface area contributed by atoms with Crippen LogP contribution in [0, 0.1) is 5.92 Å². The van der Waals surface area contributed by atoms with Crippen LogP contribution in [0.2, 0.25) is 0 Å². The molecule has 3 aliphatic heterocycles. The number of carbonyl (C=O) groups excluding carboxylic acids is 1. The quantitative estimate of drug-likeness (QED) is 0.604. The summed E-state index contributed by atoms with van der Waals surface area (Å²) in [5.41, 5.74) is 0. The molecule has 1 aromatic heterocycles. The molecule has 0 radical (unpaired) electrons. The van der Waals surface area contributed by atoms with E-state index in [1.165, 1.54) is 6.08 Å². The van der Waals surface area contributed by atoms with Crippen molar-refractivity contribution in [2.24, 2.45) is 5.92 Å². The Morgan fingerprint density at radius 3 is 2.89 bits per heavy atom. The Labute approximate surface area is 106 Å². The van der Waals surface area contributed by atoms with Gasteiger partial charge in [0.25, 0.3) is 0 Å². The van der Waals surface area contributed by atoms with Crippen molar-refractivity contribution < 1.29 is 13.9 Å². The first kappa shape index (κ1) is 11.5. The summed E-state index contributed by atoms with van der Waals surface area (Å²) in [4.78, 5) is 14.1. The summed E-state index contributed by atoms with van der Waals surface area (Å²) in [6.07, 6.45) is 7.04. The lowest BCUT2D eigenvalue weighted by atomic mass is 9.86. The van der Waals surface area contributed by atoms with E-state index in [0.29, 0.717) is 11.7 Å². The summed E-state index contributed by atoms with van der Waals surface area (Å²) in [7, 11) is 0. The minimum absolute atomic E-state index is 0.0706. The van der Waals surface area contributed by atoms with Crippen LogP contribution in [0.3, 0.4) is 0 Å². The van der Waals surface area contributed by atoms with E-state index in [9.17, 15) is 4.79 Å². The molecule has 1 aromatic rings. The van der Waals surface area contributed by atoms with Crippen molar-refractivity contribution in [1.82, 2.24) is 4.90 Å². The fourth-order valence-corrected chi connectivity index (χ4v) is 2.77. The number of fused-ring (bicyclic) bond motifs is 3. The van der Waals surface area contributed by atoms with Crippen molar-refractivity contribution >= 4 is 12.0 Å². The minimum atomic E-state index is -0.273. The second-order valence-corrected chi connectivity index (χ2v) is 4.96. The van der Waals surface area contributed by atoms with Crippen LogP contribution in [0.5, 0.6) is 0 Å². The molecule has 4 heteroatoms. The molecule has 0 spiro atoms. The largest absolute Gasteiger partial charge is 0.465 e. The lowest BCUT2D eigenvalue weighted by molar-refractivity contribution is -0.152. The third kappa shape index (κ3) is 2.48. The van der Waals surface area contributed by atoms with Crippen LogP contribution in [-0.4, -0.2) is 36.6 Å². The molecular weight excluding hydrogens is 230 g/mol. The first-order chi connectivity index (χ1) is 8.81. The van der Waals surface area contributed by atoms with Crippen LogP contribution in [0.1, 0.15) is 18.6 Å². The molecule has 0 amide bonds. The molecule has 1 unspecified atom stereocenters. The van der Waals surface area contributed by atoms with E-state index in [0.717, 1.165) is 32.5 Å². The Hall–Kier alpha value is -1.55. The second kappa shape index (κ2) is 4.98. The Bertz CT molecular complexity index is 430. The van der Waals surface area contributed by atoms with Crippen LogP contribution in [0.25, 0.3) is 6.08 Å². The summed E-state index contributed by atoms with van der Waals surface area (Å²) in [6.45, 7) is 3.20. The highest BCUT2D eigenvalue weighted by atomic mass is 16.5. The molecule has 4 nitrogen and oxygen atoms in total. The monoisotopic (exact) mass is 247 g/mol. The molecule has 3 fully saturated rings. The summed E-state index contributed by atoms with van der Waals surface area (Å²) in [5, 5.41) is 0. The average molecular weight is 247 g/mol. The van der Waals surface area contributed by atoms with Gasteiger partial charge in [0.05, 0.1) is 6.26 Å². The maximum atomic E-state index is 11.7. The fourth-order valence-electron chi connectivity index (χ4n) is 2.77. The fraction of sp³-hybridized carbons (Fsp3) is 0.500. The molecule has 96 valence electrons. The van der Waals surface area contributed by atoms with E-state index >= 15 is 0 Å². The highest BCUT2D eigenvalue weighted by Gasteiger charge is 2.36. The zero-order valence-electron chi connectivity index (χ0n) is 10.2. The molecule has 4 heterocycles. The lowest BCUT2D eigenvalue weighted by Gasteiger charge is -2.43. The maximum absolute atomic E-state index is 11.7. The zero-order chi connectivity index (χ0) is 12.4. The number of furan rings is 1. The number of rotatable bonds is 3. The van der Waals surface area contributed by atoms with Gasteiger partial charge in [-0.3, -0.25) is 4.90 Å². The minimum Gasteiger partial charge on any atom is -0.465 e. The van der Waals surface area contributed by atoms with E-state index in [1.54, 1.807) is 24.5 Å². The molecule has 3 saturated heterocycles. The first-order valence-corrected chi connectivity index (χ1v) is 6.46. The molecule has 4 rings (SSSR count). The number of nitrogens with zero attached hydrogens (tertiary/aromatic N) is 1. The Morgan fingerprint density at radius 1 is 1.44 bits per heavy atom. The van der Waals surface area contributed by atoms with Gasteiger partial charge >= 0.3 is 5.97 Å². The smallest absolute Gasteiger partial charge is 0.331 e. The van der Waals surface area contributed by atoms with Gasteiger partial charge in [0.1, 0.15) is 11.9 Å². The lowest BCUT2D eigenvalue weighted by Crippen LogP contribution is -2.51. The van der Waals surface area contributed by atoms with Crippen molar-refractivity contribution in [2.75, 3.05) is 19.6 Å². The molecule has 1 atom stereocenters. The Balaban J connectivity index is 1.55. The van der Waals surface area contributed by atoms with Crippen molar-refractivity contribution in [3.8, 4) is 0 Å². The number of hydrogen-bond acceptors (Lipinski definition) is 4. The predicted octanol–water partition coefficient (Wildman–Crippen LogP) is 1.93. The number of hydrogen-bond donors (Lipinski definition) is 0. The van der Waals surface area contributed by atoms with Crippen molar-refractivity contribution in [2.45, 2.75) is 18.9 Å². The predicted molar refractivity (Wildman–Crippen MR) is 66.8 cm³/mol. The molecule has 2 bridgehead atoms. The van der Waals surface area contributed by atoms with E-state index in [4.69, 9.17) is 9.15 Å². The van der Waals surface area contributed by atoms with Crippen LogP contribution in [0.4, 0.5) is 0 Å². The standard InChI is InChI=1S/C14H17NO3/c16-14(4-3-12-2-1-9-17-12)18-13-10-15-7-5-11(13)6-8-15/h1-4,9,11,13H,5-8,10H2. The van der Waals surface area contributed by atoms with Gasteiger partial charge in [0.2, 0.25) is 0 Å². The van der Waals surface area contributed by atoms with Gasteiger partial charge in [0, 0.05) is 12.6 Å². The van der Waals surface area contributed by atoms with Gasteiger partial charge < -0.3 is 9.15 Å². The van der Waals surface area contributed by atoms with Crippen LogP contribution in [-0.2, 0) is 9.53 Å². The first-order valence-electron chi connectivity index (χ1n) is 6.46. The van der Waals surface area contributed by atoms with Crippen LogP contribution < -0.4 is 0 Å². The van der Waals surface area contributed by atoms with Gasteiger partial charge in [-0.25, -0.2) is 4.79 Å². The number of carbonyl (C=O) groups is 1. The molecule has 3 aliphatic rings. The van der Waals surface area contributed by atoms with Crippen LogP contribution in [0.15, 0.2) is 28.9 Å². The van der Waals surface area contributed by atoms with E-state index in [2.05, 4.69) is 4.90 Å². The summed E-state index contributed by atoms with van der Waals surface area (Å²) >= 11 is 0. The molecule has 18 heavy (non-hydrogen) atoms. The Morgan fingerprint density at radius 2 is 2.28 bits per heavy atom. The Kier molecular flexibility index (Phi) is 3.19. The second-order valence-electron chi connectivity index (χ2n) is 4.96. The van der Waals surface area contributed by atoms with Gasteiger partial charge in [0.15, 0.2) is 0 Å². The van der Waals surface area contributed by atoms with Gasteiger partial charge in [-0.05, 0) is 50.1 Å². The summed E-state index contributed by atoms with van der Waals surface area (Å²) in [6, 6.07) is 3.59. The third-order valence-electron chi connectivity index (χ3n) is 3.79. The van der Waals surface area contributed by atoms with Gasteiger partial charge in [-0.1, -0.05) is 0 Å². The molecule has 0 aromatic carbocycles. The molecular formula is C14H17NO3. The number of esters is 1. The average Bonchev–Trinajstić information content (AvgIpc) is 2.91. The highest BCUT2D eigenvalue weighted by molar-refractivity contribution is 5.86. The van der Waals surface area contributed by atoms with Crippen molar-refractivity contribution in [1.29, 1.82) is 0 Å². The van der Waals surface area contributed by atoms with Crippen LogP contribution >= 0.6 is 0 Å². The normalized spacial score (nSPS) is 30.8. The zero-order valence-corrected chi connectivity index (χ0v) is 10.2. The summed E-state index contributed by atoms with van der Waals surface area (Å²) < 4.78 is 10.6. The highest BCUT2D eigenvalue weighted by Crippen LogP contribution is 2.29. The summed E-state index contributed by atoms with van der Waals surface area (Å²) in [5.74, 6) is 0.946. The van der Waals surface area contributed by atoms with Crippen molar-refractivity contribution in [3.05, 3.63) is 30.2 Å². The van der Waals surface area contributed by atoms with Crippen molar-refractivity contribution in [3.63, 3.8) is 0 Å².